The topological polar surface area (TPSA) is 12.9 Å². The van der Waals surface area contributed by atoms with Crippen molar-refractivity contribution in [2.75, 3.05) is 0 Å². The zero-order valence-electron chi connectivity index (χ0n) is 6.39. The highest BCUT2D eigenvalue weighted by Crippen LogP contribution is 2.24. The number of pyridine rings is 1. The zero-order chi connectivity index (χ0) is 9.42. The molecule has 1 nitrogen and oxygen atoms in total. The molecule has 13 heavy (non-hydrogen) atoms. The van der Waals surface area contributed by atoms with E-state index in [2.05, 4.69) is 4.98 Å². The van der Waals surface area contributed by atoms with Crippen LogP contribution < -0.4 is 0 Å². The molecule has 66 valence electrons. The largest absolute Gasteiger partial charge is 0.244 e. The summed E-state index contributed by atoms with van der Waals surface area (Å²) in [5, 5.41) is 0.680. The quantitative estimate of drug-likeness (QED) is 0.594. The monoisotopic (exact) mass is 199 g/mol. The molecule has 0 aliphatic carbocycles. The summed E-state index contributed by atoms with van der Waals surface area (Å²) in [6, 6.07) is 3.43. The van der Waals surface area contributed by atoms with E-state index in [-0.39, 0.29) is 10.5 Å². The van der Waals surface area contributed by atoms with Crippen molar-refractivity contribution in [2.24, 2.45) is 0 Å². The summed E-state index contributed by atoms with van der Waals surface area (Å²) in [5.74, 6) is -1.28. The van der Waals surface area contributed by atoms with Crippen molar-refractivity contribution in [1.29, 1.82) is 0 Å². The van der Waals surface area contributed by atoms with Crippen LogP contribution in [0.15, 0.2) is 24.4 Å². The Morgan fingerprint density at radius 1 is 1.15 bits per heavy atom. The van der Waals surface area contributed by atoms with Gasteiger partial charge in [-0.05, 0) is 12.1 Å². The molecule has 0 fully saturated rings. The first-order valence-corrected chi connectivity index (χ1v) is 3.95. The number of nitrogens with zero attached hydrogens (tertiary/aromatic N) is 1. The van der Waals surface area contributed by atoms with E-state index < -0.39 is 11.6 Å². The van der Waals surface area contributed by atoms with E-state index in [4.69, 9.17) is 11.6 Å². The number of aromatic nitrogens is 1. The van der Waals surface area contributed by atoms with Crippen molar-refractivity contribution < 1.29 is 8.78 Å². The normalized spacial score (nSPS) is 10.7. The fraction of sp³-hybridized carbons (Fsp3) is 0. The van der Waals surface area contributed by atoms with Crippen LogP contribution in [-0.4, -0.2) is 4.98 Å². The zero-order valence-corrected chi connectivity index (χ0v) is 7.15. The Balaban J connectivity index is 2.94. The van der Waals surface area contributed by atoms with E-state index in [0.717, 1.165) is 12.1 Å². The van der Waals surface area contributed by atoms with Crippen molar-refractivity contribution in [3.8, 4) is 0 Å². The molecule has 1 aromatic heterocycles. The van der Waals surface area contributed by atoms with Crippen LogP contribution in [0.5, 0.6) is 0 Å². The standard InChI is InChI=1S/C9H4ClF2N/c10-9-7-3-5(11)4-8(12)6(7)1-2-13-9/h1-4H. The first-order chi connectivity index (χ1) is 6.18. The van der Waals surface area contributed by atoms with Gasteiger partial charge in [0.05, 0.1) is 0 Å². The lowest BCUT2D eigenvalue weighted by molar-refractivity contribution is 0.592. The van der Waals surface area contributed by atoms with Crippen LogP contribution >= 0.6 is 11.6 Å². The minimum atomic E-state index is -0.653. The number of rotatable bonds is 0. The number of fused-ring (bicyclic) bond motifs is 1. The maximum Gasteiger partial charge on any atom is 0.137 e. The summed E-state index contributed by atoms with van der Waals surface area (Å²) in [5.41, 5.74) is 0. The first-order valence-electron chi connectivity index (χ1n) is 3.58. The van der Waals surface area contributed by atoms with E-state index >= 15 is 0 Å². The van der Waals surface area contributed by atoms with Gasteiger partial charge in [0.2, 0.25) is 0 Å². The molecule has 0 unspecified atom stereocenters. The highest BCUT2D eigenvalue weighted by Gasteiger charge is 2.06. The van der Waals surface area contributed by atoms with Crippen molar-refractivity contribution in [1.82, 2.24) is 4.98 Å². The first kappa shape index (κ1) is 8.38. The molecule has 0 aliphatic rings. The highest BCUT2D eigenvalue weighted by molar-refractivity contribution is 6.34. The van der Waals surface area contributed by atoms with Gasteiger partial charge in [-0.25, -0.2) is 13.8 Å². The van der Waals surface area contributed by atoms with Gasteiger partial charge in [-0.2, -0.15) is 0 Å². The minimum absolute atomic E-state index is 0.107. The van der Waals surface area contributed by atoms with Crippen molar-refractivity contribution in [3.63, 3.8) is 0 Å². The van der Waals surface area contributed by atoms with E-state index in [1.54, 1.807) is 0 Å². The third-order valence-electron chi connectivity index (χ3n) is 1.75. The van der Waals surface area contributed by atoms with Crippen LogP contribution in [0.4, 0.5) is 8.78 Å². The Labute approximate surface area is 78.0 Å². The predicted octanol–water partition coefficient (Wildman–Crippen LogP) is 3.17. The molecule has 0 spiro atoms. The van der Waals surface area contributed by atoms with Crippen LogP contribution in [0, 0.1) is 11.6 Å². The molecule has 0 amide bonds. The van der Waals surface area contributed by atoms with Gasteiger partial charge in [-0.15, -0.1) is 0 Å². The Morgan fingerprint density at radius 3 is 2.69 bits per heavy atom. The molecule has 0 saturated heterocycles. The molecule has 1 heterocycles. The number of halogens is 3. The SMILES string of the molecule is Fc1cc(F)c2ccnc(Cl)c2c1. The van der Waals surface area contributed by atoms with Crippen LogP contribution in [0.25, 0.3) is 10.8 Å². The third-order valence-corrected chi connectivity index (χ3v) is 2.05. The fourth-order valence-corrected chi connectivity index (χ4v) is 1.38. The summed E-state index contributed by atoms with van der Waals surface area (Å²) in [6.07, 6.45) is 1.38. The maximum absolute atomic E-state index is 13.1. The smallest absolute Gasteiger partial charge is 0.137 e. The molecular weight excluding hydrogens is 196 g/mol. The molecule has 0 N–H and O–H groups in total. The number of hydrogen-bond donors (Lipinski definition) is 0. The summed E-state index contributed by atoms with van der Waals surface area (Å²) >= 11 is 5.66. The predicted molar refractivity (Wildman–Crippen MR) is 46.7 cm³/mol. The van der Waals surface area contributed by atoms with Gasteiger partial charge in [0.1, 0.15) is 16.8 Å². The van der Waals surface area contributed by atoms with Crippen molar-refractivity contribution in [2.45, 2.75) is 0 Å². The Morgan fingerprint density at radius 2 is 1.92 bits per heavy atom. The second kappa shape index (κ2) is 2.92. The highest BCUT2D eigenvalue weighted by atomic mass is 35.5. The Bertz CT molecular complexity index is 470. The fourth-order valence-electron chi connectivity index (χ4n) is 1.17. The second-order valence-corrected chi connectivity index (χ2v) is 2.94. The van der Waals surface area contributed by atoms with Gasteiger partial charge in [0, 0.05) is 23.0 Å². The molecule has 1 aromatic carbocycles. The van der Waals surface area contributed by atoms with Gasteiger partial charge >= 0.3 is 0 Å². The summed E-state index contributed by atoms with van der Waals surface area (Å²) < 4.78 is 25.9. The average molecular weight is 200 g/mol. The molecule has 0 atom stereocenters. The second-order valence-electron chi connectivity index (χ2n) is 2.58. The molecule has 2 rings (SSSR count). The van der Waals surface area contributed by atoms with Crippen LogP contribution in [0.1, 0.15) is 0 Å². The van der Waals surface area contributed by atoms with E-state index in [9.17, 15) is 8.78 Å². The minimum Gasteiger partial charge on any atom is -0.244 e. The van der Waals surface area contributed by atoms with E-state index in [0.29, 0.717) is 5.39 Å². The molecule has 2 aromatic rings. The molecule has 0 aliphatic heterocycles. The van der Waals surface area contributed by atoms with Gasteiger partial charge in [-0.1, -0.05) is 11.6 Å². The number of benzene rings is 1. The third kappa shape index (κ3) is 1.35. The van der Waals surface area contributed by atoms with E-state index in [1.165, 1.54) is 12.3 Å². The number of hydrogen-bond acceptors (Lipinski definition) is 1. The van der Waals surface area contributed by atoms with Crippen LogP contribution in [0.2, 0.25) is 5.15 Å². The van der Waals surface area contributed by atoms with Gasteiger partial charge in [-0.3, -0.25) is 0 Å². The lowest BCUT2D eigenvalue weighted by atomic mass is 10.1. The molecule has 4 heteroatoms. The molecule has 0 bridgehead atoms. The Hall–Kier alpha value is -1.22. The summed E-state index contributed by atoms with van der Waals surface area (Å²) in [6.45, 7) is 0. The van der Waals surface area contributed by atoms with Crippen molar-refractivity contribution in [3.05, 3.63) is 41.2 Å². The Kier molecular flexibility index (Phi) is 1.88. The lowest BCUT2D eigenvalue weighted by Crippen LogP contribution is -1.85. The molecule has 0 saturated carbocycles. The van der Waals surface area contributed by atoms with Gasteiger partial charge in [0.25, 0.3) is 0 Å². The van der Waals surface area contributed by atoms with Crippen LogP contribution in [0.3, 0.4) is 0 Å². The average Bonchev–Trinajstić information content (AvgIpc) is 2.07. The van der Waals surface area contributed by atoms with Crippen molar-refractivity contribution >= 4 is 22.4 Å². The summed E-state index contributed by atoms with van der Waals surface area (Å²) in [4.78, 5) is 3.72. The lowest BCUT2D eigenvalue weighted by Gasteiger charge is -2.00. The van der Waals surface area contributed by atoms with Gasteiger partial charge in [0.15, 0.2) is 0 Å². The maximum atomic E-state index is 13.1. The van der Waals surface area contributed by atoms with Crippen LogP contribution in [-0.2, 0) is 0 Å². The molecule has 0 radical (unpaired) electrons. The molecular formula is C9H4ClF2N. The van der Waals surface area contributed by atoms with Gasteiger partial charge < -0.3 is 0 Å². The van der Waals surface area contributed by atoms with E-state index in [1.807, 2.05) is 0 Å². The summed E-state index contributed by atoms with van der Waals surface area (Å²) in [7, 11) is 0.